The smallest absolute Gasteiger partial charge is 0.251 e. The van der Waals surface area contributed by atoms with Crippen molar-refractivity contribution in [1.82, 2.24) is 25.4 Å². The van der Waals surface area contributed by atoms with Gasteiger partial charge in [-0.2, -0.15) is 0 Å². The summed E-state index contributed by atoms with van der Waals surface area (Å²) >= 11 is 0. The van der Waals surface area contributed by atoms with Crippen LogP contribution in [0.2, 0.25) is 0 Å². The van der Waals surface area contributed by atoms with E-state index in [1.54, 1.807) is 18.5 Å². The summed E-state index contributed by atoms with van der Waals surface area (Å²) in [6.45, 7) is 5.01. The first-order valence-electron chi connectivity index (χ1n) is 7.08. The Kier molecular flexibility index (Phi) is 5.24. The number of carbonyl (C=O) groups excluding carboxylic acids is 2. The summed E-state index contributed by atoms with van der Waals surface area (Å²) in [6.07, 6.45) is 1.64. The lowest BCUT2D eigenvalue weighted by Gasteiger charge is -2.07. The molecule has 2 aromatic rings. The molecule has 2 N–H and O–H groups in total. The molecule has 0 atom stereocenters. The zero-order valence-corrected chi connectivity index (χ0v) is 12.7. The summed E-state index contributed by atoms with van der Waals surface area (Å²) in [4.78, 5) is 22.9. The predicted octanol–water partition coefficient (Wildman–Crippen LogP) is 0.864. The Morgan fingerprint density at radius 3 is 2.50 bits per heavy atom. The van der Waals surface area contributed by atoms with Gasteiger partial charge in [0.05, 0.1) is 6.54 Å². The Balaban J connectivity index is 1.91. The number of hydrogen-bond acceptors (Lipinski definition) is 4. The highest BCUT2D eigenvalue weighted by Crippen LogP contribution is 2.05. The second-order valence-corrected chi connectivity index (χ2v) is 4.82. The highest BCUT2D eigenvalue weighted by Gasteiger charge is 2.08. The van der Waals surface area contributed by atoms with Crippen LogP contribution in [0.5, 0.6) is 0 Å². The van der Waals surface area contributed by atoms with Crippen LogP contribution in [0.15, 0.2) is 30.6 Å². The molecule has 1 aromatic heterocycles. The molecular formula is C15H19N5O2. The van der Waals surface area contributed by atoms with Gasteiger partial charge >= 0.3 is 0 Å². The Morgan fingerprint density at radius 1 is 1.14 bits per heavy atom. The number of hydrogen-bond donors (Lipinski definition) is 2. The summed E-state index contributed by atoms with van der Waals surface area (Å²) in [5.41, 5.74) is 1.51. The van der Waals surface area contributed by atoms with Crippen molar-refractivity contribution >= 4 is 11.8 Å². The minimum atomic E-state index is -0.170. The second kappa shape index (κ2) is 7.35. The topological polar surface area (TPSA) is 88.9 Å². The molecule has 0 fully saturated rings. The third-order valence-corrected chi connectivity index (χ3v) is 3.20. The summed E-state index contributed by atoms with van der Waals surface area (Å²) in [7, 11) is 0. The quantitative estimate of drug-likeness (QED) is 0.828. The van der Waals surface area contributed by atoms with Gasteiger partial charge in [0.15, 0.2) is 5.82 Å². The standard InChI is InChI=1S/C15H19N5O2/c1-3-20-10-18-19-14(20)9-17-15(22)13-6-4-12(5-7-13)8-16-11(2)21/h4-7,10H,3,8-9H2,1-2H3,(H,16,21)(H,17,22). The number of benzene rings is 1. The molecule has 7 heteroatoms. The Morgan fingerprint density at radius 2 is 1.86 bits per heavy atom. The lowest BCUT2D eigenvalue weighted by Crippen LogP contribution is -2.24. The molecule has 0 saturated heterocycles. The number of carbonyl (C=O) groups is 2. The van der Waals surface area contributed by atoms with E-state index in [9.17, 15) is 9.59 Å². The number of nitrogens with zero attached hydrogens (tertiary/aromatic N) is 3. The fourth-order valence-electron chi connectivity index (χ4n) is 1.94. The van der Waals surface area contributed by atoms with Crippen molar-refractivity contribution in [2.45, 2.75) is 33.5 Å². The van der Waals surface area contributed by atoms with Crippen LogP contribution < -0.4 is 10.6 Å². The molecule has 2 amide bonds. The van der Waals surface area contributed by atoms with Gasteiger partial charge in [0, 0.05) is 25.6 Å². The second-order valence-electron chi connectivity index (χ2n) is 4.82. The van der Waals surface area contributed by atoms with Crippen molar-refractivity contribution in [2.24, 2.45) is 0 Å². The summed E-state index contributed by atoms with van der Waals surface area (Å²) in [5, 5.41) is 13.3. The van der Waals surface area contributed by atoms with Gasteiger partial charge in [-0.3, -0.25) is 9.59 Å². The van der Waals surface area contributed by atoms with E-state index in [0.29, 0.717) is 18.7 Å². The molecule has 0 aliphatic heterocycles. The van der Waals surface area contributed by atoms with Crippen LogP contribution in [0, 0.1) is 0 Å². The third-order valence-electron chi connectivity index (χ3n) is 3.20. The number of rotatable bonds is 6. The molecular weight excluding hydrogens is 282 g/mol. The number of aryl methyl sites for hydroxylation is 1. The number of amides is 2. The average Bonchev–Trinajstić information content (AvgIpc) is 2.98. The van der Waals surface area contributed by atoms with E-state index < -0.39 is 0 Å². The van der Waals surface area contributed by atoms with Crippen LogP contribution in [0.25, 0.3) is 0 Å². The lowest BCUT2D eigenvalue weighted by atomic mass is 10.1. The minimum absolute atomic E-state index is 0.0816. The molecule has 1 aromatic carbocycles. The van der Waals surface area contributed by atoms with E-state index in [1.807, 2.05) is 23.6 Å². The van der Waals surface area contributed by atoms with Crippen molar-refractivity contribution in [2.75, 3.05) is 0 Å². The van der Waals surface area contributed by atoms with Crippen LogP contribution >= 0.6 is 0 Å². The van der Waals surface area contributed by atoms with Crippen molar-refractivity contribution in [3.8, 4) is 0 Å². The maximum Gasteiger partial charge on any atom is 0.251 e. The zero-order valence-electron chi connectivity index (χ0n) is 12.7. The number of aromatic nitrogens is 3. The van der Waals surface area contributed by atoms with E-state index in [4.69, 9.17) is 0 Å². The summed E-state index contributed by atoms with van der Waals surface area (Å²) < 4.78 is 1.87. The van der Waals surface area contributed by atoms with Gasteiger partial charge in [0.1, 0.15) is 6.33 Å². The first-order chi connectivity index (χ1) is 10.6. The van der Waals surface area contributed by atoms with Gasteiger partial charge in [-0.15, -0.1) is 10.2 Å². The van der Waals surface area contributed by atoms with Crippen LogP contribution in [-0.4, -0.2) is 26.6 Å². The molecule has 0 unspecified atom stereocenters. The first-order valence-corrected chi connectivity index (χ1v) is 7.08. The highest BCUT2D eigenvalue weighted by atomic mass is 16.2. The van der Waals surface area contributed by atoms with Gasteiger partial charge in [0.25, 0.3) is 5.91 Å². The molecule has 0 aliphatic carbocycles. The minimum Gasteiger partial charge on any atom is -0.352 e. The molecule has 0 radical (unpaired) electrons. The fraction of sp³-hybridized carbons (Fsp3) is 0.333. The van der Waals surface area contributed by atoms with E-state index in [2.05, 4.69) is 20.8 Å². The van der Waals surface area contributed by atoms with E-state index in [-0.39, 0.29) is 11.8 Å². The van der Waals surface area contributed by atoms with E-state index in [1.165, 1.54) is 6.92 Å². The van der Waals surface area contributed by atoms with Crippen molar-refractivity contribution in [3.63, 3.8) is 0 Å². The van der Waals surface area contributed by atoms with Crippen molar-refractivity contribution < 1.29 is 9.59 Å². The van der Waals surface area contributed by atoms with Crippen molar-refractivity contribution in [3.05, 3.63) is 47.5 Å². The molecule has 0 spiro atoms. The Bertz CT molecular complexity index is 648. The van der Waals surface area contributed by atoms with E-state index >= 15 is 0 Å². The first kappa shape index (κ1) is 15.7. The van der Waals surface area contributed by atoms with Crippen LogP contribution in [0.3, 0.4) is 0 Å². The molecule has 7 nitrogen and oxygen atoms in total. The third kappa shape index (κ3) is 4.15. The maximum absolute atomic E-state index is 12.1. The fourth-order valence-corrected chi connectivity index (χ4v) is 1.94. The van der Waals surface area contributed by atoms with Gasteiger partial charge in [-0.05, 0) is 24.6 Å². The molecule has 1 heterocycles. The van der Waals surface area contributed by atoms with Gasteiger partial charge in [-0.25, -0.2) is 0 Å². The monoisotopic (exact) mass is 301 g/mol. The van der Waals surface area contributed by atoms with E-state index in [0.717, 1.165) is 17.9 Å². The number of nitrogens with one attached hydrogen (secondary N) is 2. The zero-order chi connectivity index (χ0) is 15.9. The van der Waals surface area contributed by atoms with Crippen LogP contribution in [-0.2, 0) is 24.4 Å². The van der Waals surface area contributed by atoms with Crippen LogP contribution in [0.4, 0.5) is 0 Å². The summed E-state index contributed by atoms with van der Waals surface area (Å²) in [5.74, 6) is 0.469. The molecule has 2 rings (SSSR count). The molecule has 116 valence electrons. The largest absolute Gasteiger partial charge is 0.352 e. The Hall–Kier alpha value is -2.70. The SMILES string of the molecule is CCn1cnnc1CNC(=O)c1ccc(CNC(C)=O)cc1. The van der Waals surface area contributed by atoms with Crippen molar-refractivity contribution in [1.29, 1.82) is 0 Å². The van der Waals surface area contributed by atoms with Gasteiger partial charge in [0.2, 0.25) is 5.91 Å². The molecule has 0 saturated carbocycles. The predicted molar refractivity (Wildman–Crippen MR) is 80.8 cm³/mol. The molecule has 0 bridgehead atoms. The maximum atomic E-state index is 12.1. The van der Waals surface area contributed by atoms with Gasteiger partial charge in [-0.1, -0.05) is 12.1 Å². The lowest BCUT2D eigenvalue weighted by molar-refractivity contribution is -0.119. The molecule has 22 heavy (non-hydrogen) atoms. The normalized spacial score (nSPS) is 10.3. The van der Waals surface area contributed by atoms with Crippen LogP contribution in [0.1, 0.15) is 35.6 Å². The average molecular weight is 301 g/mol. The van der Waals surface area contributed by atoms with Gasteiger partial charge < -0.3 is 15.2 Å². The highest BCUT2D eigenvalue weighted by molar-refractivity contribution is 5.94. The molecule has 0 aliphatic rings. The Labute approximate surface area is 128 Å². The summed E-state index contributed by atoms with van der Waals surface area (Å²) in [6, 6.07) is 7.10.